The first kappa shape index (κ1) is 14.1. The fourth-order valence-electron chi connectivity index (χ4n) is 2.55. The summed E-state index contributed by atoms with van der Waals surface area (Å²) in [5.74, 6) is -0.235. The van der Waals surface area contributed by atoms with Gasteiger partial charge in [0.2, 0.25) is 0 Å². The average molecular weight is 291 g/mol. The van der Waals surface area contributed by atoms with Crippen LogP contribution in [0.1, 0.15) is 15.9 Å². The maximum atomic E-state index is 12.4. The van der Waals surface area contributed by atoms with Crippen LogP contribution in [0.3, 0.4) is 0 Å². The number of phenolic OH excluding ortho intramolecular Hbond substituents is 1. The Balaban J connectivity index is 1.76. The molecule has 3 nitrogen and oxygen atoms in total. The molecule has 110 valence electrons. The summed E-state index contributed by atoms with van der Waals surface area (Å²) in [5, 5.41) is 14.6. The molecule has 22 heavy (non-hydrogen) atoms. The number of carbonyl (C=O) groups excluding carboxylic acids is 1. The Morgan fingerprint density at radius 1 is 0.909 bits per heavy atom. The second-order valence-electron chi connectivity index (χ2n) is 5.17. The van der Waals surface area contributed by atoms with Gasteiger partial charge in [-0.3, -0.25) is 4.79 Å². The Labute approximate surface area is 129 Å². The van der Waals surface area contributed by atoms with Crippen LogP contribution in [0.2, 0.25) is 0 Å². The van der Waals surface area contributed by atoms with E-state index in [0.717, 1.165) is 17.2 Å². The van der Waals surface area contributed by atoms with E-state index in [4.69, 9.17) is 0 Å². The number of fused-ring (bicyclic) bond motifs is 1. The maximum Gasteiger partial charge on any atom is 0.255 e. The lowest BCUT2D eigenvalue weighted by Crippen LogP contribution is -2.26. The van der Waals surface area contributed by atoms with Crippen LogP contribution in [0, 0.1) is 0 Å². The number of carbonyl (C=O) groups is 1. The van der Waals surface area contributed by atoms with Crippen LogP contribution in [0.5, 0.6) is 5.75 Å². The van der Waals surface area contributed by atoms with Gasteiger partial charge in [-0.25, -0.2) is 0 Å². The minimum absolute atomic E-state index is 0.0101. The minimum Gasteiger partial charge on any atom is -0.507 e. The van der Waals surface area contributed by atoms with Crippen LogP contribution in [0.4, 0.5) is 0 Å². The van der Waals surface area contributed by atoms with Crippen molar-refractivity contribution in [3.8, 4) is 5.75 Å². The van der Waals surface area contributed by atoms with Gasteiger partial charge >= 0.3 is 0 Å². The molecule has 0 saturated carbocycles. The molecule has 0 bridgehead atoms. The molecule has 0 aliphatic rings. The Hall–Kier alpha value is -2.81. The summed E-state index contributed by atoms with van der Waals surface area (Å²) in [4.78, 5) is 12.4. The highest BCUT2D eigenvalue weighted by atomic mass is 16.3. The average Bonchev–Trinajstić information content (AvgIpc) is 2.55. The number of amides is 1. The SMILES string of the molecule is O=C(NCCc1ccccc1)c1c(O)ccc2ccccc12. The fourth-order valence-corrected chi connectivity index (χ4v) is 2.55. The van der Waals surface area contributed by atoms with Crippen LogP contribution >= 0.6 is 0 Å². The molecule has 1 amide bonds. The van der Waals surface area contributed by atoms with Gasteiger partial charge in [0.15, 0.2) is 0 Å². The van der Waals surface area contributed by atoms with Gasteiger partial charge in [0.1, 0.15) is 5.75 Å². The third kappa shape index (κ3) is 2.93. The van der Waals surface area contributed by atoms with Crippen molar-refractivity contribution in [3.63, 3.8) is 0 Å². The van der Waals surface area contributed by atoms with Crippen LogP contribution < -0.4 is 5.32 Å². The summed E-state index contributed by atoms with van der Waals surface area (Å²) >= 11 is 0. The third-order valence-electron chi connectivity index (χ3n) is 3.68. The molecular formula is C19H17NO2. The molecular weight excluding hydrogens is 274 g/mol. The molecule has 3 rings (SSSR count). The lowest BCUT2D eigenvalue weighted by atomic mass is 10.0. The van der Waals surface area contributed by atoms with E-state index in [1.165, 1.54) is 5.56 Å². The van der Waals surface area contributed by atoms with Crippen molar-refractivity contribution in [3.05, 3.63) is 77.9 Å². The number of hydrogen-bond acceptors (Lipinski definition) is 2. The standard InChI is InChI=1S/C19H17NO2/c21-17-11-10-15-8-4-5-9-16(15)18(17)19(22)20-13-12-14-6-2-1-3-7-14/h1-11,21H,12-13H2,(H,20,22). The molecule has 0 atom stereocenters. The zero-order valence-electron chi connectivity index (χ0n) is 12.1. The number of aromatic hydroxyl groups is 1. The van der Waals surface area contributed by atoms with Gasteiger partial charge in [-0.2, -0.15) is 0 Å². The van der Waals surface area contributed by atoms with Gasteiger partial charge in [-0.15, -0.1) is 0 Å². The Kier molecular flexibility index (Phi) is 4.05. The monoisotopic (exact) mass is 291 g/mol. The van der Waals surface area contributed by atoms with Gasteiger partial charge in [0.05, 0.1) is 5.56 Å². The van der Waals surface area contributed by atoms with Crippen molar-refractivity contribution in [2.24, 2.45) is 0 Å². The maximum absolute atomic E-state index is 12.4. The lowest BCUT2D eigenvalue weighted by molar-refractivity contribution is 0.0953. The number of rotatable bonds is 4. The summed E-state index contributed by atoms with van der Waals surface area (Å²) in [6.07, 6.45) is 0.762. The minimum atomic E-state index is -0.245. The zero-order chi connectivity index (χ0) is 15.4. The van der Waals surface area contributed by atoms with E-state index < -0.39 is 0 Å². The highest BCUT2D eigenvalue weighted by Gasteiger charge is 2.14. The van der Waals surface area contributed by atoms with E-state index in [-0.39, 0.29) is 11.7 Å². The van der Waals surface area contributed by atoms with Crippen molar-refractivity contribution >= 4 is 16.7 Å². The van der Waals surface area contributed by atoms with Crippen LogP contribution in [-0.2, 0) is 6.42 Å². The molecule has 0 aliphatic heterocycles. The van der Waals surface area contributed by atoms with Gasteiger partial charge in [-0.1, -0.05) is 60.7 Å². The second kappa shape index (κ2) is 6.31. The summed E-state index contributed by atoms with van der Waals surface area (Å²) in [6, 6.07) is 20.9. The molecule has 3 aromatic rings. The highest BCUT2D eigenvalue weighted by Crippen LogP contribution is 2.26. The molecule has 0 radical (unpaired) electrons. The van der Waals surface area contributed by atoms with Gasteiger partial charge < -0.3 is 10.4 Å². The van der Waals surface area contributed by atoms with E-state index in [1.807, 2.05) is 60.7 Å². The topological polar surface area (TPSA) is 49.3 Å². The third-order valence-corrected chi connectivity index (χ3v) is 3.68. The summed E-state index contributed by atoms with van der Waals surface area (Å²) in [7, 11) is 0. The van der Waals surface area contributed by atoms with E-state index >= 15 is 0 Å². The van der Waals surface area contributed by atoms with Gasteiger partial charge in [0.25, 0.3) is 5.91 Å². The largest absolute Gasteiger partial charge is 0.507 e. The predicted molar refractivity (Wildman–Crippen MR) is 88.1 cm³/mol. The number of hydrogen-bond donors (Lipinski definition) is 2. The van der Waals surface area contributed by atoms with Crippen molar-refractivity contribution in [2.45, 2.75) is 6.42 Å². The van der Waals surface area contributed by atoms with Crippen molar-refractivity contribution < 1.29 is 9.90 Å². The van der Waals surface area contributed by atoms with Gasteiger partial charge in [0, 0.05) is 6.54 Å². The molecule has 0 saturated heterocycles. The quantitative estimate of drug-likeness (QED) is 0.772. The Bertz CT molecular complexity index is 797. The van der Waals surface area contributed by atoms with Crippen molar-refractivity contribution in [2.75, 3.05) is 6.54 Å². The normalized spacial score (nSPS) is 10.5. The number of nitrogens with one attached hydrogen (secondary N) is 1. The fraction of sp³-hybridized carbons (Fsp3) is 0.105. The zero-order valence-corrected chi connectivity index (χ0v) is 12.1. The molecule has 3 aromatic carbocycles. The molecule has 0 spiro atoms. The van der Waals surface area contributed by atoms with Crippen LogP contribution in [0.15, 0.2) is 66.7 Å². The van der Waals surface area contributed by atoms with Crippen molar-refractivity contribution in [1.29, 1.82) is 0 Å². The van der Waals surface area contributed by atoms with E-state index in [2.05, 4.69) is 5.32 Å². The van der Waals surface area contributed by atoms with Gasteiger partial charge in [-0.05, 0) is 28.8 Å². The van der Waals surface area contributed by atoms with E-state index in [1.54, 1.807) is 6.07 Å². The number of benzene rings is 3. The second-order valence-corrected chi connectivity index (χ2v) is 5.17. The molecule has 0 unspecified atom stereocenters. The predicted octanol–water partition coefficient (Wildman–Crippen LogP) is 3.52. The number of phenols is 1. The Morgan fingerprint density at radius 2 is 1.64 bits per heavy atom. The molecule has 0 heterocycles. The first-order valence-electron chi connectivity index (χ1n) is 7.28. The summed E-state index contributed by atoms with van der Waals surface area (Å²) < 4.78 is 0. The summed E-state index contributed by atoms with van der Waals surface area (Å²) in [5.41, 5.74) is 1.51. The molecule has 0 aliphatic carbocycles. The first-order valence-corrected chi connectivity index (χ1v) is 7.28. The molecule has 2 N–H and O–H groups in total. The Morgan fingerprint density at radius 3 is 2.45 bits per heavy atom. The molecule has 0 fully saturated rings. The smallest absolute Gasteiger partial charge is 0.255 e. The van der Waals surface area contributed by atoms with Crippen LogP contribution in [-0.4, -0.2) is 17.6 Å². The van der Waals surface area contributed by atoms with E-state index in [0.29, 0.717) is 12.1 Å². The highest BCUT2D eigenvalue weighted by molar-refractivity contribution is 6.09. The summed E-state index contributed by atoms with van der Waals surface area (Å²) in [6.45, 7) is 0.533. The lowest BCUT2D eigenvalue weighted by Gasteiger charge is -2.10. The van der Waals surface area contributed by atoms with Crippen molar-refractivity contribution in [1.82, 2.24) is 5.32 Å². The molecule has 3 heteroatoms. The molecule has 0 aromatic heterocycles. The van der Waals surface area contributed by atoms with Crippen LogP contribution in [0.25, 0.3) is 10.8 Å². The first-order chi connectivity index (χ1) is 10.8. The van der Waals surface area contributed by atoms with E-state index in [9.17, 15) is 9.90 Å².